The maximum Gasteiger partial charge on any atom is 0.275 e. The van der Waals surface area contributed by atoms with Crippen molar-refractivity contribution in [3.63, 3.8) is 0 Å². The van der Waals surface area contributed by atoms with Gasteiger partial charge in [0.1, 0.15) is 11.5 Å². The molecule has 0 aliphatic rings. The Kier molecular flexibility index (Phi) is 6.72. The van der Waals surface area contributed by atoms with Crippen molar-refractivity contribution in [1.82, 2.24) is 9.97 Å². The number of para-hydroxylation sites is 1. The van der Waals surface area contributed by atoms with E-state index in [1.807, 2.05) is 0 Å². The number of benzene rings is 1. The van der Waals surface area contributed by atoms with E-state index in [2.05, 4.69) is 80.3 Å². The van der Waals surface area contributed by atoms with Gasteiger partial charge in [-0.1, -0.05) is 52.8 Å². The van der Waals surface area contributed by atoms with Gasteiger partial charge in [0.25, 0.3) is 5.91 Å². The lowest BCUT2D eigenvalue weighted by Crippen LogP contribution is -2.19. The fraction of sp³-hybridized carbons (Fsp3) is 0.476. The summed E-state index contributed by atoms with van der Waals surface area (Å²) < 4.78 is 0. The van der Waals surface area contributed by atoms with Crippen LogP contribution in [0.5, 0.6) is 0 Å². The molecule has 2 rings (SSSR count). The zero-order valence-corrected chi connectivity index (χ0v) is 16.6. The van der Waals surface area contributed by atoms with Gasteiger partial charge in [0.2, 0.25) is 0 Å². The fourth-order valence-electron chi connectivity index (χ4n) is 2.75. The molecule has 0 saturated carbocycles. The summed E-state index contributed by atoms with van der Waals surface area (Å²) in [6, 6.07) is 6.50. The van der Waals surface area contributed by atoms with Crippen molar-refractivity contribution < 1.29 is 4.79 Å². The summed E-state index contributed by atoms with van der Waals surface area (Å²) in [4.78, 5) is 21.3. The summed E-state index contributed by atoms with van der Waals surface area (Å²) in [6.07, 6.45) is 4.12. The van der Waals surface area contributed by atoms with Gasteiger partial charge in [0.15, 0.2) is 0 Å². The Labute approximate surface area is 156 Å². The number of hydrogen-bond donors (Lipinski definition) is 2. The molecule has 1 unspecified atom stereocenters. The van der Waals surface area contributed by atoms with Crippen molar-refractivity contribution in [3.05, 3.63) is 47.4 Å². The molecule has 0 spiro atoms. The average Bonchev–Trinajstić information content (AvgIpc) is 2.61. The topological polar surface area (TPSA) is 66.9 Å². The van der Waals surface area contributed by atoms with Crippen molar-refractivity contribution in [3.8, 4) is 0 Å². The molecule has 5 nitrogen and oxygen atoms in total. The number of nitrogens with zero attached hydrogens (tertiary/aromatic N) is 2. The Morgan fingerprint density at radius 3 is 2.08 bits per heavy atom. The molecule has 2 aromatic rings. The lowest BCUT2D eigenvalue weighted by Gasteiger charge is -2.20. The second-order valence-electron chi connectivity index (χ2n) is 7.32. The molecule has 0 saturated heterocycles. The number of carbonyl (C=O) groups excluding carboxylic acids is 1. The van der Waals surface area contributed by atoms with Crippen LogP contribution in [0.4, 0.5) is 11.5 Å². The lowest BCUT2D eigenvalue weighted by atomic mass is 9.92. The third kappa shape index (κ3) is 4.81. The van der Waals surface area contributed by atoms with Crippen molar-refractivity contribution >= 4 is 17.4 Å². The van der Waals surface area contributed by atoms with Gasteiger partial charge in [-0.3, -0.25) is 4.79 Å². The number of hydrogen-bond acceptors (Lipinski definition) is 4. The van der Waals surface area contributed by atoms with Crippen LogP contribution in [0.15, 0.2) is 30.6 Å². The van der Waals surface area contributed by atoms with E-state index in [0.29, 0.717) is 29.4 Å². The first-order valence-electron chi connectivity index (χ1n) is 9.36. The number of nitrogens with one attached hydrogen (secondary N) is 2. The maximum atomic E-state index is 12.7. The molecule has 5 heteroatoms. The van der Waals surface area contributed by atoms with E-state index in [4.69, 9.17) is 0 Å². The number of carbonyl (C=O) groups is 1. The Balaban J connectivity index is 2.24. The zero-order chi connectivity index (χ0) is 19.3. The van der Waals surface area contributed by atoms with Gasteiger partial charge in [0, 0.05) is 11.7 Å². The van der Waals surface area contributed by atoms with E-state index >= 15 is 0 Å². The van der Waals surface area contributed by atoms with E-state index in [9.17, 15) is 4.79 Å². The Morgan fingerprint density at radius 2 is 1.62 bits per heavy atom. The highest BCUT2D eigenvalue weighted by molar-refractivity contribution is 6.03. The number of anilines is 2. The largest absolute Gasteiger partial charge is 0.366 e. The van der Waals surface area contributed by atoms with Crippen LogP contribution < -0.4 is 10.6 Å². The van der Waals surface area contributed by atoms with Crippen molar-refractivity contribution in [1.29, 1.82) is 0 Å². The Hall–Kier alpha value is -2.43. The van der Waals surface area contributed by atoms with Gasteiger partial charge in [-0.25, -0.2) is 9.97 Å². The van der Waals surface area contributed by atoms with E-state index in [0.717, 1.165) is 23.2 Å². The van der Waals surface area contributed by atoms with Crippen molar-refractivity contribution in [2.24, 2.45) is 0 Å². The van der Waals surface area contributed by atoms with Crippen LogP contribution in [-0.4, -0.2) is 21.9 Å². The van der Waals surface area contributed by atoms with Gasteiger partial charge in [0.05, 0.1) is 12.4 Å². The van der Waals surface area contributed by atoms with Gasteiger partial charge in [-0.05, 0) is 36.3 Å². The Bertz CT molecular complexity index is 712. The predicted molar refractivity (Wildman–Crippen MR) is 108 cm³/mol. The summed E-state index contributed by atoms with van der Waals surface area (Å²) in [6.45, 7) is 12.7. The smallest absolute Gasteiger partial charge is 0.275 e. The molecule has 1 heterocycles. The monoisotopic (exact) mass is 354 g/mol. The summed E-state index contributed by atoms with van der Waals surface area (Å²) in [5, 5.41) is 6.32. The van der Waals surface area contributed by atoms with Crippen LogP contribution in [0.1, 0.15) is 81.4 Å². The number of amides is 1. The SMILES string of the molecule is CCC(C)Nc1cnc(C(=O)Nc2c(C(C)C)cccc2C(C)C)cn1. The van der Waals surface area contributed by atoms with Crippen LogP contribution >= 0.6 is 0 Å². The predicted octanol–water partition coefficient (Wildman–Crippen LogP) is 5.19. The van der Waals surface area contributed by atoms with Crippen molar-refractivity contribution in [2.45, 2.75) is 65.8 Å². The van der Waals surface area contributed by atoms with Crippen LogP contribution in [0.25, 0.3) is 0 Å². The summed E-state index contributed by atoms with van der Waals surface area (Å²) in [5.74, 6) is 1.08. The number of aromatic nitrogens is 2. The first kappa shape index (κ1) is 19.9. The normalized spacial score (nSPS) is 12.3. The summed E-state index contributed by atoms with van der Waals surface area (Å²) in [5.41, 5.74) is 3.47. The molecule has 0 aliphatic heterocycles. The van der Waals surface area contributed by atoms with Crippen LogP contribution in [0, 0.1) is 0 Å². The van der Waals surface area contributed by atoms with E-state index in [1.165, 1.54) is 6.20 Å². The molecule has 1 atom stereocenters. The van der Waals surface area contributed by atoms with Gasteiger partial charge in [-0.15, -0.1) is 0 Å². The summed E-state index contributed by atoms with van der Waals surface area (Å²) in [7, 11) is 0. The standard InChI is InChI=1S/C21H30N4O/c1-7-15(6)24-19-12-22-18(11-23-19)21(26)25-20-16(13(2)3)9-8-10-17(20)14(4)5/h8-15H,7H2,1-6H3,(H,23,24)(H,25,26). The van der Waals surface area contributed by atoms with E-state index in [1.54, 1.807) is 6.20 Å². The molecule has 1 amide bonds. The molecule has 26 heavy (non-hydrogen) atoms. The van der Waals surface area contributed by atoms with E-state index < -0.39 is 0 Å². The molecule has 140 valence electrons. The van der Waals surface area contributed by atoms with E-state index in [-0.39, 0.29) is 5.91 Å². The van der Waals surface area contributed by atoms with Crippen LogP contribution in [-0.2, 0) is 0 Å². The average molecular weight is 354 g/mol. The minimum Gasteiger partial charge on any atom is -0.366 e. The molecule has 1 aromatic heterocycles. The minimum absolute atomic E-state index is 0.234. The highest BCUT2D eigenvalue weighted by atomic mass is 16.1. The molecule has 0 bridgehead atoms. The van der Waals surface area contributed by atoms with Crippen molar-refractivity contribution in [2.75, 3.05) is 10.6 Å². The molecule has 0 radical (unpaired) electrons. The highest BCUT2D eigenvalue weighted by Gasteiger charge is 2.17. The highest BCUT2D eigenvalue weighted by Crippen LogP contribution is 2.32. The molecular weight excluding hydrogens is 324 g/mol. The molecule has 1 aromatic carbocycles. The maximum absolute atomic E-state index is 12.7. The zero-order valence-electron chi connectivity index (χ0n) is 16.6. The molecule has 2 N–H and O–H groups in total. The fourth-order valence-corrected chi connectivity index (χ4v) is 2.75. The second kappa shape index (κ2) is 8.79. The lowest BCUT2D eigenvalue weighted by molar-refractivity contribution is 0.102. The third-order valence-corrected chi connectivity index (χ3v) is 4.50. The van der Waals surface area contributed by atoms with Gasteiger partial charge >= 0.3 is 0 Å². The van der Waals surface area contributed by atoms with Gasteiger partial charge in [-0.2, -0.15) is 0 Å². The first-order valence-corrected chi connectivity index (χ1v) is 9.36. The van der Waals surface area contributed by atoms with Gasteiger partial charge < -0.3 is 10.6 Å². The third-order valence-electron chi connectivity index (χ3n) is 4.50. The summed E-state index contributed by atoms with van der Waals surface area (Å²) >= 11 is 0. The molecule has 0 fully saturated rings. The van der Waals surface area contributed by atoms with Crippen LogP contribution in [0.2, 0.25) is 0 Å². The molecule has 0 aliphatic carbocycles. The number of rotatable bonds is 7. The quantitative estimate of drug-likeness (QED) is 0.718. The van der Waals surface area contributed by atoms with Crippen LogP contribution in [0.3, 0.4) is 0 Å². The minimum atomic E-state index is -0.234. The first-order chi connectivity index (χ1) is 12.3. The second-order valence-corrected chi connectivity index (χ2v) is 7.32. The Morgan fingerprint density at radius 1 is 1.00 bits per heavy atom. The molecular formula is C21H30N4O.